The summed E-state index contributed by atoms with van der Waals surface area (Å²) in [5.74, 6) is 0. The van der Waals surface area contributed by atoms with Gasteiger partial charge in [-0.2, -0.15) is 0 Å². The van der Waals surface area contributed by atoms with E-state index in [0.29, 0.717) is 0 Å². The van der Waals surface area contributed by atoms with Crippen LogP contribution in [0.1, 0.15) is 11.7 Å². The Kier molecular flexibility index (Phi) is 4.56. The zero-order valence-electron chi connectivity index (χ0n) is 9.77. The smallest absolute Gasteiger partial charge is 0.136 e. The monoisotopic (exact) mass is 258 g/mol. The molecule has 0 fully saturated rings. The van der Waals surface area contributed by atoms with E-state index < -0.39 is 11.4 Å². The van der Waals surface area contributed by atoms with Crippen LogP contribution in [0, 0.1) is 0 Å². The van der Waals surface area contributed by atoms with Crippen molar-refractivity contribution >= 4 is 18.0 Å². The minimum absolute atomic E-state index is 0.491. The first-order chi connectivity index (χ1) is 8.81. The summed E-state index contributed by atoms with van der Waals surface area (Å²) in [5.41, 5.74) is 0.762. The fraction of sp³-hybridized carbons (Fsp3) is 0.133. The van der Waals surface area contributed by atoms with Gasteiger partial charge < -0.3 is 9.90 Å². The molecule has 0 heterocycles. The molecule has 2 aromatic rings. The maximum Gasteiger partial charge on any atom is 0.136 e. The summed E-state index contributed by atoms with van der Waals surface area (Å²) in [6.07, 6.45) is 0.0175. The Hall–Kier alpha value is -1.58. The highest BCUT2D eigenvalue weighted by Gasteiger charge is 2.21. The molecule has 1 N–H and O–H groups in total. The predicted octanol–water partition coefficient (Wildman–Crippen LogP) is 3.08. The fourth-order valence-corrected chi connectivity index (χ4v) is 2.63. The summed E-state index contributed by atoms with van der Waals surface area (Å²) in [6.45, 7) is 0. The lowest BCUT2D eigenvalue weighted by Gasteiger charge is -2.17. The molecule has 0 aliphatic carbocycles. The first-order valence-corrected chi connectivity index (χ1v) is 6.59. The number of hydrogen-bond donors (Lipinski definition) is 1. The molecule has 0 aliphatic rings. The van der Waals surface area contributed by atoms with Gasteiger partial charge in [-0.1, -0.05) is 48.5 Å². The summed E-state index contributed by atoms with van der Waals surface area (Å²) in [5, 5.41) is 9.70. The molecular weight excluding hydrogens is 244 g/mol. The molecule has 0 saturated heterocycles. The van der Waals surface area contributed by atoms with Crippen molar-refractivity contribution in [1.82, 2.24) is 0 Å². The van der Waals surface area contributed by atoms with Gasteiger partial charge in [0.1, 0.15) is 6.29 Å². The van der Waals surface area contributed by atoms with E-state index in [1.54, 1.807) is 0 Å². The average molecular weight is 258 g/mol. The second-order valence-corrected chi connectivity index (χ2v) is 5.14. The van der Waals surface area contributed by atoms with Crippen molar-refractivity contribution in [3.8, 4) is 0 Å². The van der Waals surface area contributed by atoms with Crippen LogP contribution in [0.2, 0.25) is 0 Å². The average Bonchev–Trinajstić information content (AvgIpc) is 2.46. The quantitative estimate of drug-likeness (QED) is 0.661. The highest BCUT2D eigenvalue weighted by atomic mass is 32.2. The minimum atomic E-state index is -0.783. The van der Waals surface area contributed by atoms with Gasteiger partial charge in [-0.15, -0.1) is 11.8 Å². The summed E-state index contributed by atoms with van der Waals surface area (Å²) < 4.78 is 0. The molecule has 18 heavy (non-hydrogen) atoms. The van der Waals surface area contributed by atoms with Gasteiger partial charge >= 0.3 is 0 Å². The van der Waals surface area contributed by atoms with Gasteiger partial charge in [-0.25, -0.2) is 0 Å². The van der Waals surface area contributed by atoms with Crippen LogP contribution in [0.5, 0.6) is 0 Å². The van der Waals surface area contributed by atoms with Crippen molar-refractivity contribution < 1.29 is 9.90 Å². The van der Waals surface area contributed by atoms with Crippen molar-refractivity contribution in [2.24, 2.45) is 0 Å². The number of carbonyl (C=O) groups is 1. The lowest BCUT2D eigenvalue weighted by molar-refractivity contribution is -0.109. The Morgan fingerprint density at radius 3 is 2.06 bits per heavy atom. The number of aliphatic hydroxyl groups excluding tert-OH is 1. The molecule has 3 heteroatoms. The molecular formula is C15H14O2S. The highest BCUT2D eigenvalue weighted by Crippen LogP contribution is 2.30. The third-order valence-corrected chi connectivity index (χ3v) is 3.79. The van der Waals surface area contributed by atoms with Crippen molar-refractivity contribution in [3.05, 3.63) is 66.2 Å². The molecule has 0 bridgehead atoms. The number of carbonyl (C=O) groups excluding carboxylic acids is 1. The zero-order chi connectivity index (χ0) is 12.8. The fourth-order valence-electron chi connectivity index (χ4n) is 1.66. The number of aldehydes is 1. The van der Waals surface area contributed by atoms with Crippen molar-refractivity contribution in [2.45, 2.75) is 16.2 Å². The lowest BCUT2D eigenvalue weighted by atomic mass is 10.1. The first kappa shape index (κ1) is 12.9. The van der Waals surface area contributed by atoms with Crippen LogP contribution in [0.4, 0.5) is 0 Å². The highest BCUT2D eigenvalue weighted by molar-refractivity contribution is 8.00. The van der Waals surface area contributed by atoms with Crippen LogP contribution < -0.4 is 0 Å². The topological polar surface area (TPSA) is 37.3 Å². The molecule has 0 spiro atoms. The van der Waals surface area contributed by atoms with Crippen LogP contribution in [0.25, 0.3) is 0 Å². The minimum Gasteiger partial charge on any atom is -0.387 e. The van der Waals surface area contributed by atoms with Gasteiger partial charge in [0.25, 0.3) is 0 Å². The Balaban J connectivity index is 2.12. The molecule has 0 saturated carbocycles. The summed E-state index contributed by atoms with van der Waals surface area (Å²) in [7, 11) is 0. The van der Waals surface area contributed by atoms with Gasteiger partial charge in [0.05, 0.1) is 11.4 Å². The Morgan fingerprint density at radius 2 is 1.50 bits per heavy atom. The van der Waals surface area contributed by atoms with E-state index in [-0.39, 0.29) is 0 Å². The molecule has 0 unspecified atom stereocenters. The number of rotatable bonds is 5. The molecule has 0 radical (unpaired) electrons. The summed E-state index contributed by atoms with van der Waals surface area (Å²) in [4.78, 5) is 12.1. The SMILES string of the molecule is O=C[C@H](Sc1ccccc1)[C@H](O)c1ccccc1. The number of benzene rings is 2. The Bertz CT molecular complexity index is 484. The molecule has 0 amide bonds. The normalized spacial score (nSPS) is 13.8. The van der Waals surface area contributed by atoms with Crippen LogP contribution in [-0.2, 0) is 4.79 Å². The largest absolute Gasteiger partial charge is 0.387 e. The third-order valence-electron chi connectivity index (χ3n) is 2.60. The van der Waals surface area contributed by atoms with Crippen LogP contribution >= 0.6 is 11.8 Å². The van der Waals surface area contributed by atoms with Crippen LogP contribution in [-0.4, -0.2) is 16.6 Å². The summed E-state index contributed by atoms with van der Waals surface area (Å²) in [6, 6.07) is 18.9. The Morgan fingerprint density at radius 1 is 0.944 bits per heavy atom. The second kappa shape index (κ2) is 6.38. The van der Waals surface area contributed by atoms with Gasteiger partial charge in [0.2, 0.25) is 0 Å². The zero-order valence-corrected chi connectivity index (χ0v) is 10.6. The van der Waals surface area contributed by atoms with Crippen molar-refractivity contribution in [1.29, 1.82) is 0 Å². The van der Waals surface area contributed by atoms with E-state index in [1.807, 2.05) is 60.7 Å². The Labute approximate surface area is 111 Å². The van der Waals surface area contributed by atoms with E-state index in [0.717, 1.165) is 16.7 Å². The number of aliphatic hydroxyl groups is 1. The summed E-state index contributed by atoms with van der Waals surface area (Å²) >= 11 is 1.37. The maximum absolute atomic E-state index is 11.1. The third kappa shape index (κ3) is 3.22. The molecule has 2 atom stereocenters. The van der Waals surface area contributed by atoms with Crippen molar-refractivity contribution in [2.75, 3.05) is 0 Å². The lowest BCUT2D eigenvalue weighted by Crippen LogP contribution is -2.16. The maximum atomic E-state index is 11.1. The van der Waals surface area contributed by atoms with Crippen LogP contribution in [0.3, 0.4) is 0 Å². The molecule has 2 nitrogen and oxygen atoms in total. The number of hydrogen-bond acceptors (Lipinski definition) is 3. The van der Waals surface area contributed by atoms with E-state index in [9.17, 15) is 9.90 Å². The molecule has 2 aromatic carbocycles. The number of thioether (sulfide) groups is 1. The standard InChI is InChI=1S/C15H14O2S/c16-11-14(18-13-9-5-2-6-10-13)15(17)12-7-3-1-4-8-12/h1-11,14-15,17H/t14-,15+/m0/s1. The van der Waals surface area contributed by atoms with E-state index in [2.05, 4.69) is 0 Å². The van der Waals surface area contributed by atoms with Gasteiger partial charge in [0.15, 0.2) is 0 Å². The second-order valence-electron chi connectivity index (χ2n) is 3.89. The molecule has 0 aromatic heterocycles. The van der Waals surface area contributed by atoms with Gasteiger partial charge in [0, 0.05) is 4.90 Å². The molecule has 92 valence electrons. The van der Waals surface area contributed by atoms with Gasteiger partial charge in [-0.3, -0.25) is 0 Å². The van der Waals surface area contributed by atoms with Gasteiger partial charge in [-0.05, 0) is 17.7 Å². The van der Waals surface area contributed by atoms with E-state index >= 15 is 0 Å². The van der Waals surface area contributed by atoms with Crippen molar-refractivity contribution in [3.63, 3.8) is 0 Å². The van der Waals surface area contributed by atoms with E-state index in [1.165, 1.54) is 11.8 Å². The molecule has 2 rings (SSSR count). The molecule has 0 aliphatic heterocycles. The van der Waals surface area contributed by atoms with Crippen LogP contribution in [0.15, 0.2) is 65.6 Å². The first-order valence-electron chi connectivity index (χ1n) is 5.71. The predicted molar refractivity (Wildman–Crippen MR) is 73.6 cm³/mol. The van der Waals surface area contributed by atoms with E-state index in [4.69, 9.17) is 0 Å².